The molecule has 5 rings (SSSR count). The van der Waals surface area contributed by atoms with E-state index in [9.17, 15) is 0 Å². The van der Waals surface area contributed by atoms with Crippen molar-refractivity contribution in [3.63, 3.8) is 0 Å². The molecule has 0 saturated carbocycles. The van der Waals surface area contributed by atoms with Gasteiger partial charge in [0.2, 0.25) is 0 Å². The second-order valence-electron chi connectivity index (χ2n) is 8.80. The van der Waals surface area contributed by atoms with Gasteiger partial charge in [-0.15, -0.1) is 0 Å². The summed E-state index contributed by atoms with van der Waals surface area (Å²) in [5.74, 6) is 3.51. The zero-order valence-electron chi connectivity index (χ0n) is 18.3. The van der Waals surface area contributed by atoms with Gasteiger partial charge in [-0.2, -0.15) is 0 Å². The van der Waals surface area contributed by atoms with E-state index in [1.165, 1.54) is 37.9 Å². The van der Waals surface area contributed by atoms with Crippen LogP contribution in [0.3, 0.4) is 0 Å². The maximum absolute atomic E-state index is 5.85. The van der Waals surface area contributed by atoms with Crippen LogP contribution in [0.15, 0.2) is 48.8 Å². The number of aromatic nitrogens is 3. The Morgan fingerprint density at radius 1 is 1.39 bits per heavy atom. The molecule has 0 spiro atoms. The number of nitrogens with one attached hydrogen (secondary N) is 1. The molecule has 4 heterocycles. The Morgan fingerprint density at radius 3 is 2.94 bits per heavy atom. The molecule has 3 atom stereocenters. The molecule has 3 aliphatic rings. The van der Waals surface area contributed by atoms with Crippen molar-refractivity contribution >= 4 is 35.6 Å². The molecule has 2 aromatic rings. The third-order valence-corrected chi connectivity index (χ3v) is 13.7. The normalized spacial score (nSPS) is 25.2. The van der Waals surface area contributed by atoms with Crippen molar-refractivity contribution in [3.05, 3.63) is 60.4 Å². The maximum Gasteiger partial charge on any atom is -0.412 e. The van der Waals surface area contributed by atoms with Crippen LogP contribution in [0.4, 0.5) is 5.82 Å². The van der Waals surface area contributed by atoms with Gasteiger partial charge in [-0.1, -0.05) is 0 Å². The van der Waals surface area contributed by atoms with Gasteiger partial charge < -0.3 is 5.48 Å². The molecule has 2 aliphatic heterocycles. The van der Waals surface area contributed by atoms with Gasteiger partial charge in [-0.25, -0.2) is 0 Å². The third kappa shape index (κ3) is 4.52. The third-order valence-electron chi connectivity index (χ3n) is 6.65. The van der Waals surface area contributed by atoms with Crippen LogP contribution in [0.5, 0.6) is 0 Å². The van der Waals surface area contributed by atoms with Crippen molar-refractivity contribution in [1.29, 1.82) is 0 Å². The van der Waals surface area contributed by atoms with Crippen molar-refractivity contribution in [2.24, 2.45) is 5.92 Å². The molecule has 1 aliphatic carbocycles. The maximum atomic E-state index is 5.85. The quantitative estimate of drug-likeness (QED) is 0.380. The molecule has 3 unspecified atom stereocenters. The second-order valence-corrected chi connectivity index (χ2v) is 14.7. The van der Waals surface area contributed by atoms with Gasteiger partial charge in [-0.05, 0) is 6.42 Å². The number of rotatable bonds is 7. The predicted octanol–water partition coefficient (Wildman–Crippen LogP) is 3.93. The first-order valence-electron chi connectivity index (χ1n) is 11.3. The van der Waals surface area contributed by atoms with Crippen LogP contribution in [0, 0.1) is 5.92 Å². The summed E-state index contributed by atoms with van der Waals surface area (Å²) in [4.78, 5) is 9.93. The molecule has 2 aromatic heterocycles. The molecule has 6 nitrogen and oxygen atoms in total. The van der Waals surface area contributed by atoms with Crippen LogP contribution in [-0.2, 0) is 4.74 Å². The fourth-order valence-corrected chi connectivity index (χ4v) is 9.13. The zero-order chi connectivity index (χ0) is 20.5. The van der Waals surface area contributed by atoms with E-state index in [1.807, 2.05) is 12.3 Å². The smallest absolute Gasteiger partial charge is 0.412 e. The fraction of sp³-hybridized carbons (Fsp3) is 0.500. The Morgan fingerprint density at radius 2 is 2.26 bits per heavy atom. The largest absolute Gasteiger partial charge is 0.412 e. The van der Waals surface area contributed by atoms with Gasteiger partial charge >= 0.3 is 178 Å². The van der Waals surface area contributed by atoms with Crippen LogP contribution in [0.1, 0.15) is 49.5 Å². The van der Waals surface area contributed by atoms with Gasteiger partial charge in [0.05, 0.1) is 0 Å². The summed E-state index contributed by atoms with van der Waals surface area (Å²) in [5, 5.41) is 3.44. The van der Waals surface area contributed by atoms with E-state index < -0.39 is 24.2 Å². The molecule has 31 heavy (non-hydrogen) atoms. The Bertz CT molecular complexity index is 989. The van der Waals surface area contributed by atoms with E-state index in [1.54, 1.807) is 0 Å². The first-order chi connectivity index (χ1) is 14.7. The molecule has 2 fully saturated rings. The minimum Gasteiger partial charge on any atom is -0.412 e. The van der Waals surface area contributed by atoms with Crippen LogP contribution in [0.2, 0.25) is 7.96 Å². The second kappa shape index (κ2) is 9.96. The summed E-state index contributed by atoms with van der Waals surface area (Å²) < 4.78 is 11.1. The average Bonchev–Trinajstić information content (AvgIpc) is 3.34. The average molecular weight is 613 g/mol. The summed E-state index contributed by atoms with van der Waals surface area (Å²) in [6.45, 7) is 7.79. The predicted molar refractivity (Wildman–Crippen MR) is 126 cm³/mol. The SMILES string of the molecule is C=CCNc1nccn2c(C3[CH2][Tl][CH2]3)nc(C3C=CC(CC4CCCO4)=CC3C)c12.O. The van der Waals surface area contributed by atoms with E-state index >= 15 is 0 Å². The van der Waals surface area contributed by atoms with Crippen LogP contribution >= 0.6 is 0 Å². The van der Waals surface area contributed by atoms with Gasteiger partial charge in [-0.3, -0.25) is 0 Å². The van der Waals surface area contributed by atoms with Crippen LogP contribution in [-0.4, -0.2) is 63.3 Å². The van der Waals surface area contributed by atoms with Gasteiger partial charge in [0.1, 0.15) is 0 Å². The number of imidazole rings is 1. The molecule has 0 radical (unpaired) electrons. The van der Waals surface area contributed by atoms with E-state index in [0.717, 1.165) is 24.4 Å². The molecule has 2 saturated heterocycles. The van der Waals surface area contributed by atoms with Crippen molar-refractivity contribution in [1.82, 2.24) is 14.4 Å². The first kappa shape index (κ1) is 22.7. The summed E-state index contributed by atoms with van der Waals surface area (Å²) >= 11 is -0.427. The molecule has 0 bridgehead atoms. The van der Waals surface area contributed by atoms with Crippen molar-refractivity contribution in [3.8, 4) is 0 Å². The topological polar surface area (TPSA) is 83.0 Å². The van der Waals surface area contributed by atoms with E-state index in [4.69, 9.17) is 9.72 Å². The van der Waals surface area contributed by atoms with Gasteiger partial charge in [0, 0.05) is 6.61 Å². The standard InChI is InChI=1S/C24H30N4O.H2O.Tl/c1-5-10-25-23-22-21(27-24(16(2)3)28(22)12-11-26-23)20-9-8-18(14-17(20)4)15-19-7-6-13-29-19;;/h5,8-9,11-12,14,16-17,19-20H,1-3,6-7,10,13,15H2,4H3,(H,25,26);1H2;. The van der Waals surface area contributed by atoms with Crippen molar-refractivity contribution in [2.45, 2.75) is 52.1 Å². The molecule has 163 valence electrons. The molecule has 0 amide bonds. The van der Waals surface area contributed by atoms with E-state index in [2.05, 4.69) is 52.6 Å². The number of hydrogen-bond acceptors (Lipinski definition) is 4. The first-order valence-corrected chi connectivity index (χ1v) is 17.6. The van der Waals surface area contributed by atoms with E-state index in [-0.39, 0.29) is 11.4 Å². The van der Waals surface area contributed by atoms with Gasteiger partial charge in [0.25, 0.3) is 0 Å². The van der Waals surface area contributed by atoms with Crippen LogP contribution in [0.25, 0.3) is 5.52 Å². The van der Waals surface area contributed by atoms with Crippen molar-refractivity contribution < 1.29 is 10.2 Å². The Kier molecular flexibility index (Phi) is 7.28. The number of fused-ring (bicyclic) bond motifs is 1. The summed E-state index contributed by atoms with van der Waals surface area (Å²) in [6, 6.07) is 0. The Labute approximate surface area is 196 Å². The summed E-state index contributed by atoms with van der Waals surface area (Å²) in [5.41, 5.74) is 3.72. The fourth-order valence-electron chi connectivity index (χ4n) is 4.90. The monoisotopic (exact) mass is 613 g/mol. The molecule has 3 N–H and O–H groups in total. The number of nitrogens with zero attached hydrogens (tertiary/aromatic N) is 3. The minimum atomic E-state index is -0.427. The summed E-state index contributed by atoms with van der Waals surface area (Å²) in [7, 11) is 0. The molecule has 0 aromatic carbocycles. The number of ether oxygens (including phenoxy) is 1. The zero-order valence-corrected chi connectivity index (χ0v) is 22.7. The molecular weight excluding hydrogens is 581 g/mol. The Hall–Kier alpha value is -1.52. The van der Waals surface area contributed by atoms with Crippen molar-refractivity contribution in [2.75, 3.05) is 18.5 Å². The Balaban J connectivity index is 0.00000231. The molecular formula is C24H32N4O2Tl. The summed E-state index contributed by atoms with van der Waals surface area (Å²) in [6.07, 6.45) is 16.8. The number of allylic oxidation sites excluding steroid dienone is 3. The van der Waals surface area contributed by atoms with Crippen LogP contribution < -0.4 is 5.32 Å². The van der Waals surface area contributed by atoms with Gasteiger partial charge in [0.15, 0.2) is 0 Å². The minimum absolute atomic E-state index is 0. The number of anilines is 1. The van der Waals surface area contributed by atoms with E-state index in [0.29, 0.717) is 24.5 Å². The number of hydrogen-bond donors (Lipinski definition) is 1. The molecule has 7 heteroatoms.